The molecule has 3 unspecified atom stereocenters. The lowest BCUT2D eigenvalue weighted by Crippen LogP contribution is -2.69. The molecule has 6 heteroatoms. The minimum Gasteiger partial charge on any atom is -0.481 e. The van der Waals surface area contributed by atoms with E-state index in [1.165, 1.54) is 12.8 Å². The van der Waals surface area contributed by atoms with Crippen molar-refractivity contribution in [1.29, 1.82) is 0 Å². The number of ether oxygens (including phenoxy) is 1. The van der Waals surface area contributed by atoms with Gasteiger partial charge in [-0.1, -0.05) is 12.8 Å². The van der Waals surface area contributed by atoms with E-state index in [1.807, 2.05) is 0 Å². The fourth-order valence-electron chi connectivity index (χ4n) is 4.54. The number of nitrogens with one attached hydrogen (secondary N) is 2. The van der Waals surface area contributed by atoms with Crippen LogP contribution in [0.15, 0.2) is 0 Å². The van der Waals surface area contributed by atoms with Gasteiger partial charge in [-0.3, -0.25) is 4.79 Å². The Morgan fingerprint density at radius 3 is 2.76 bits per heavy atom. The number of fused-ring (bicyclic) bond motifs is 2. The summed E-state index contributed by atoms with van der Waals surface area (Å²) >= 11 is 0. The third-order valence-electron chi connectivity index (χ3n) is 5.43. The number of hydrogen-bond donors (Lipinski definition) is 3. The van der Waals surface area contributed by atoms with Crippen LogP contribution in [-0.4, -0.2) is 42.4 Å². The summed E-state index contributed by atoms with van der Waals surface area (Å²) in [6, 6.07) is 0.0639. The van der Waals surface area contributed by atoms with E-state index in [0.717, 1.165) is 25.9 Å². The number of carboxylic acid groups (broad SMARTS) is 1. The molecule has 1 saturated heterocycles. The van der Waals surface area contributed by atoms with Crippen molar-refractivity contribution < 1.29 is 19.4 Å². The van der Waals surface area contributed by atoms with Crippen LogP contribution in [0.3, 0.4) is 0 Å². The molecule has 0 aromatic carbocycles. The van der Waals surface area contributed by atoms with Crippen molar-refractivity contribution in [2.75, 3.05) is 13.2 Å². The summed E-state index contributed by atoms with van der Waals surface area (Å²) in [7, 11) is 0. The van der Waals surface area contributed by atoms with Crippen molar-refractivity contribution in [2.45, 2.75) is 57.1 Å². The van der Waals surface area contributed by atoms with E-state index in [-0.39, 0.29) is 23.9 Å². The zero-order valence-electron chi connectivity index (χ0n) is 12.3. The van der Waals surface area contributed by atoms with Gasteiger partial charge in [0, 0.05) is 36.9 Å². The van der Waals surface area contributed by atoms with Gasteiger partial charge >= 0.3 is 12.0 Å². The Labute approximate surface area is 124 Å². The molecule has 1 heterocycles. The van der Waals surface area contributed by atoms with Gasteiger partial charge in [0.1, 0.15) is 0 Å². The number of carboxylic acids is 1. The summed E-state index contributed by atoms with van der Waals surface area (Å²) in [5.74, 6) is -0.361. The van der Waals surface area contributed by atoms with E-state index < -0.39 is 5.97 Å². The number of carbonyl (C=O) groups is 2. The van der Waals surface area contributed by atoms with Crippen LogP contribution in [-0.2, 0) is 9.53 Å². The monoisotopic (exact) mass is 296 g/mol. The fourth-order valence-corrected chi connectivity index (χ4v) is 4.54. The van der Waals surface area contributed by atoms with Gasteiger partial charge in [-0.05, 0) is 25.7 Å². The summed E-state index contributed by atoms with van der Waals surface area (Å²) in [4.78, 5) is 22.4. The second kappa shape index (κ2) is 5.83. The Kier molecular flexibility index (Phi) is 4.06. The zero-order chi connectivity index (χ0) is 14.9. The van der Waals surface area contributed by atoms with Gasteiger partial charge < -0.3 is 20.5 Å². The third kappa shape index (κ3) is 2.61. The molecule has 3 aliphatic rings. The van der Waals surface area contributed by atoms with Crippen molar-refractivity contribution in [3.8, 4) is 0 Å². The number of amides is 2. The molecule has 6 nitrogen and oxygen atoms in total. The quantitative estimate of drug-likeness (QED) is 0.671. The second-order valence-electron chi connectivity index (χ2n) is 6.56. The van der Waals surface area contributed by atoms with Gasteiger partial charge in [0.25, 0.3) is 0 Å². The van der Waals surface area contributed by atoms with Crippen LogP contribution in [0, 0.1) is 11.3 Å². The minimum absolute atomic E-state index is 0.0895. The molecule has 0 aromatic rings. The van der Waals surface area contributed by atoms with E-state index in [4.69, 9.17) is 9.84 Å². The maximum Gasteiger partial charge on any atom is 0.315 e. The van der Waals surface area contributed by atoms with Crippen molar-refractivity contribution in [2.24, 2.45) is 11.3 Å². The molecular weight excluding hydrogens is 272 g/mol. The predicted molar refractivity (Wildman–Crippen MR) is 75.9 cm³/mol. The molecule has 2 aliphatic carbocycles. The van der Waals surface area contributed by atoms with Crippen LogP contribution in [0.5, 0.6) is 0 Å². The molecule has 2 amide bonds. The molecule has 118 valence electrons. The molecule has 2 saturated carbocycles. The van der Waals surface area contributed by atoms with Crippen molar-refractivity contribution >= 4 is 12.0 Å². The highest BCUT2D eigenvalue weighted by atomic mass is 16.5. The van der Waals surface area contributed by atoms with Crippen molar-refractivity contribution in [1.82, 2.24) is 10.6 Å². The lowest BCUT2D eigenvalue weighted by Gasteiger charge is -2.56. The van der Waals surface area contributed by atoms with Crippen LogP contribution < -0.4 is 10.6 Å². The Morgan fingerprint density at radius 2 is 2.05 bits per heavy atom. The summed E-state index contributed by atoms with van der Waals surface area (Å²) in [5.41, 5.74) is 0.166. The number of hydrogen-bond acceptors (Lipinski definition) is 3. The maximum absolute atomic E-state index is 12.0. The maximum atomic E-state index is 12.0. The molecule has 1 spiro atoms. The molecule has 1 aliphatic heterocycles. The second-order valence-corrected chi connectivity index (χ2v) is 6.56. The van der Waals surface area contributed by atoms with Gasteiger partial charge in [0.05, 0.1) is 6.10 Å². The lowest BCUT2D eigenvalue weighted by molar-refractivity contribution is -0.137. The summed E-state index contributed by atoms with van der Waals surface area (Å²) in [5, 5.41) is 14.5. The zero-order valence-corrected chi connectivity index (χ0v) is 12.3. The average molecular weight is 296 g/mol. The fraction of sp³-hybridized carbons (Fsp3) is 0.867. The summed E-state index contributed by atoms with van der Waals surface area (Å²) in [6.45, 7) is 1.22. The first-order valence-corrected chi connectivity index (χ1v) is 8.01. The van der Waals surface area contributed by atoms with E-state index in [2.05, 4.69) is 10.6 Å². The topological polar surface area (TPSA) is 87.7 Å². The minimum atomic E-state index is -0.827. The molecule has 3 N–H and O–H groups in total. The SMILES string of the molecule is O=C(O)CCCNC(=O)NC1C2CCOC2C12CCCC2. The first kappa shape index (κ1) is 14.6. The number of carbonyl (C=O) groups excluding carboxylic acids is 1. The summed E-state index contributed by atoms with van der Waals surface area (Å²) in [6.07, 6.45) is 6.69. The largest absolute Gasteiger partial charge is 0.481 e. The van der Waals surface area contributed by atoms with Crippen LogP contribution in [0.2, 0.25) is 0 Å². The smallest absolute Gasteiger partial charge is 0.315 e. The Hall–Kier alpha value is -1.30. The third-order valence-corrected chi connectivity index (χ3v) is 5.43. The molecular formula is C15H24N2O4. The van der Waals surface area contributed by atoms with Crippen LogP contribution in [0.1, 0.15) is 44.9 Å². The van der Waals surface area contributed by atoms with Crippen LogP contribution >= 0.6 is 0 Å². The Morgan fingerprint density at radius 1 is 1.29 bits per heavy atom. The number of urea groups is 1. The highest BCUT2D eigenvalue weighted by molar-refractivity contribution is 5.74. The molecule has 0 aromatic heterocycles. The standard InChI is InChI=1S/C15H24N2O4/c18-11(19)4-3-8-16-14(20)17-12-10-5-9-21-13(10)15(12)6-1-2-7-15/h10,12-13H,1-9H2,(H,18,19)(H2,16,17,20). The molecule has 3 rings (SSSR count). The lowest BCUT2D eigenvalue weighted by atomic mass is 9.54. The van der Waals surface area contributed by atoms with E-state index >= 15 is 0 Å². The Balaban J connectivity index is 1.49. The summed E-state index contributed by atoms with van der Waals surface area (Å²) < 4.78 is 5.89. The molecule has 3 atom stereocenters. The van der Waals surface area contributed by atoms with Gasteiger partial charge in [0.2, 0.25) is 0 Å². The van der Waals surface area contributed by atoms with Crippen molar-refractivity contribution in [3.05, 3.63) is 0 Å². The highest BCUT2D eigenvalue weighted by Crippen LogP contribution is 2.60. The predicted octanol–water partition coefficient (Wildman–Crippen LogP) is 1.50. The van der Waals surface area contributed by atoms with E-state index in [1.54, 1.807) is 0 Å². The Bertz CT molecular complexity index is 420. The molecule has 21 heavy (non-hydrogen) atoms. The van der Waals surface area contributed by atoms with Crippen LogP contribution in [0.25, 0.3) is 0 Å². The van der Waals surface area contributed by atoms with E-state index in [0.29, 0.717) is 25.0 Å². The first-order valence-electron chi connectivity index (χ1n) is 8.01. The van der Waals surface area contributed by atoms with Crippen LogP contribution in [0.4, 0.5) is 4.79 Å². The molecule has 3 fully saturated rings. The molecule has 0 radical (unpaired) electrons. The normalized spacial score (nSPS) is 32.5. The van der Waals surface area contributed by atoms with Gasteiger partial charge in [-0.15, -0.1) is 0 Å². The van der Waals surface area contributed by atoms with Crippen molar-refractivity contribution in [3.63, 3.8) is 0 Å². The van der Waals surface area contributed by atoms with Gasteiger partial charge in [-0.2, -0.15) is 0 Å². The highest BCUT2D eigenvalue weighted by Gasteiger charge is 2.65. The first-order chi connectivity index (χ1) is 10.1. The number of rotatable bonds is 5. The van der Waals surface area contributed by atoms with Gasteiger partial charge in [-0.25, -0.2) is 4.79 Å². The van der Waals surface area contributed by atoms with Gasteiger partial charge in [0.15, 0.2) is 0 Å². The molecule has 0 bridgehead atoms. The number of aliphatic carboxylic acids is 1. The van der Waals surface area contributed by atoms with E-state index in [9.17, 15) is 9.59 Å². The average Bonchev–Trinajstić information content (AvgIpc) is 3.08.